The summed E-state index contributed by atoms with van der Waals surface area (Å²) >= 11 is 0. The maximum absolute atomic E-state index is 12.9. The average Bonchev–Trinajstić information content (AvgIpc) is 2.29. The van der Waals surface area contributed by atoms with E-state index in [1.807, 2.05) is 12.1 Å². The molecule has 0 spiro atoms. The van der Waals surface area contributed by atoms with Crippen molar-refractivity contribution in [3.05, 3.63) is 35.6 Å². The lowest BCUT2D eigenvalue weighted by molar-refractivity contribution is 0.255. The van der Waals surface area contributed by atoms with Gasteiger partial charge in [-0.3, -0.25) is 0 Å². The fraction of sp³-hybridized carbons (Fsp3) is 0.625. The van der Waals surface area contributed by atoms with Crippen LogP contribution in [0.4, 0.5) is 4.39 Å². The Labute approximate surface area is 111 Å². The summed E-state index contributed by atoms with van der Waals surface area (Å²) in [6, 6.07) is 6.87. The van der Waals surface area contributed by atoms with E-state index in [1.54, 1.807) is 12.1 Å². The number of benzene rings is 1. The summed E-state index contributed by atoms with van der Waals surface area (Å²) in [5, 5.41) is 3.57. The molecule has 0 aromatic heterocycles. The van der Waals surface area contributed by atoms with Gasteiger partial charge in [-0.05, 0) is 56.7 Å². The van der Waals surface area contributed by atoms with Crippen molar-refractivity contribution < 1.29 is 4.39 Å². The van der Waals surface area contributed by atoms with E-state index >= 15 is 0 Å². The first-order valence-electron chi connectivity index (χ1n) is 6.74. The molecule has 1 aromatic carbocycles. The Kier molecular flexibility index (Phi) is 4.92. The molecular weight excluding hydrogens is 225 g/mol. The summed E-state index contributed by atoms with van der Waals surface area (Å²) in [5.41, 5.74) is 1.56. The van der Waals surface area contributed by atoms with E-state index in [-0.39, 0.29) is 16.8 Å². The first-order chi connectivity index (χ1) is 8.24. The average molecular weight is 251 g/mol. The predicted molar refractivity (Wildman–Crippen MR) is 76.3 cm³/mol. The Morgan fingerprint density at radius 1 is 1.06 bits per heavy atom. The molecule has 0 aliphatic heterocycles. The molecule has 1 N–H and O–H groups in total. The smallest absolute Gasteiger partial charge is 0.123 e. The van der Waals surface area contributed by atoms with Gasteiger partial charge in [0.25, 0.3) is 0 Å². The lowest BCUT2D eigenvalue weighted by Gasteiger charge is -2.33. The molecule has 0 aliphatic carbocycles. The second-order valence-corrected chi connectivity index (χ2v) is 6.57. The monoisotopic (exact) mass is 251 g/mol. The highest BCUT2D eigenvalue weighted by atomic mass is 19.1. The fourth-order valence-corrected chi connectivity index (χ4v) is 1.89. The molecule has 1 rings (SSSR count). The lowest BCUT2D eigenvalue weighted by Crippen LogP contribution is -2.43. The molecule has 1 nitrogen and oxygen atoms in total. The van der Waals surface area contributed by atoms with Gasteiger partial charge >= 0.3 is 0 Å². The van der Waals surface area contributed by atoms with Gasteiger partial charge in [-0.2, -0.15) is 0 Å². The second-order valence-electron chi connectivity index (χ2n) is 6.57. The van der Waals surface area contributed by atoms with E-state index in [2.05, 4.69) is 39.9 Å². The van der Waals surface area contributed by atoms with Crippen LogP contribution in [0.25, 0.3) is 0 Å². The molecule has 0 heterocycles. The van der Waals surface area contributed by atoms with Crippen molar-refractivity contribution in [3.8, 4) is 0 Å². The molecule has 0 aliphatic rings. The molecule has 2 heteroatoms. The van der Waals surface area contributed by atoms with Crippen LogP contribution in [0.5, 0.6) is 0 Å². The molecule has 18 heavy (non-hydrogen) atoms. The van der Waals surface area contributed by atoms with Crippen molar-refractivity contribution >= 4 is 0 Å². The van der Waals surface area contributed by atoms with Crippen molar-refractivity contribution in [1.29, 1.82) is 0 Å². The number of nitrogens with one attached hydrogen (secondary N) is 1. The normalized spacial score (nSPS) is 15.4. The first kappa shape index (κ1) is 15.2. The number of hydrogen-bond acceptors (Lipinski definition) is 1. The van der Waals surface area contributed by atoms with Gasteiger partial charge in [-0.1, -0.05) is 26.0 Å². The van der Waals surface area contributed by atoms with Crippen LogP contribution in [-0.2, 0) is 6.42 Å². The van der Waals surface area contributed by atoms with E-state index in [4.69, 9.17) is 0 Å². The Hall–Kier alpha value is -0.890. The standard InChI is InChI=1S/C16H26FN/c1-6-16(5,12-18-15(2,3)4)11-13-7-9-14(17)10-8-13/h7-10,18H,6,11-12H2,1-5H3. The zero-order valence-corrected chi connectivity index (χ0v) is 12.3. The largest absolute Gasteiger partial charge is 0.312 e. The lowest BCUT2D eigenvalue weighted by atomic mass is 9.80. The fourth-order valence-electron chi connectivity index (χ4n) is 1.89. The number of halogens is 1. The van der Waals surface area contributed by atoms with E-state index in [1.165, 1.54) is 5.56 Å². The maximum Gasteiger partial charge on any atom is 0.123 e. The Morgan fingerprint density at radius 2 is 1.61 bits per heavy atom. The molecule has 1 atom stereocenters. The van der Waals surface area contributed by atoms with Crippen LogP contribution in [0.15, 0.2) is 24.3 Å². The Bertz CT molecular complexity index is 364. The van der Waals surface area contributed by atoms with Crippen LogP contribution >= 0.6 is 0 Å². The van der Waals surface area contributed by atoms with Gasteiger partial charge in [-0.25, -0.2) is 4.39 Å². The summed E-state index contributed by atoms with van der Waals surface area (Å²) in [6.45, 7) is 12.0. The molecule has 0 bridgehead atoms. The molecule has 1 aromatic rings. The van der Waals surface area contributed by atoms with Gasteiger partial charge in [-0.15, -0.1) is 0 Å². The third-order valence-corrected chi connectivity index (χ3v) is 3.44. The highest BCUT2D eigenvalue weighted by Gasteiger charge is 2.24. The van der Waals surface area contributed by atoms with Crippen LogP contribution in [0.2, 0.25) is 0 Å². The van der Waals surface area contributed by atoms with E-state index < -0.39 is 0 Å². The summed E-state index contributed by atoms with van der Waals surface area (Å²) in [7, 11) is 0. The molecule has 0 fully saturated rings. The van der Waals surface area contributed by atoms with Crippen LogP contribution in [-0.4, -0.2) is 12.1 Å². The molecule has 0 amide bonds. The SMILES string of the molecule is CCC(C)(CNC(C)(C)C)Cc1ccc(F)cc1. The van der Waals surface area contributed by atoms with Crippen LogP contribution in [0.3, 0.4) is 0 Å². The highest BCUT2D eigenvalue weighted by Crippen LogP contribution is 2.26. The topological polar surface area (TPSA) is 12.0 Å². The summed E-state index contributed by atoms with van der Waals surface area (Å²) in [4.78, 5) is 0. The molecule has 0 saturated carbocycles. The summed E-state index contributed by atoms with van der Waals surface area (Å²) in [5.74, 6) is -0.162. The van der Waals surface area contributed by atoms with E-state index in [9.17, 15) is 4.39 Å². The zero-order valence-electron chi connectivity index (χ0n) is 12.3. The minimum atomic E-state index is -0.162. The Balaban J connectivity index is 2.67. The summed E-state index contributed by atoms with van der Waals surface area (Å²) < 4.78 is 12.9. The van der Waals surface area contributed by atoms with Gasteiger partial charge in [0.2, 0.25) is 0 Å². The number of hydrogen-bond donors (Lipinski definition) is 1. The van der Waals surface area contributed by atoms with Gasteiger partial charge in [0.1, 0.15) is 5.82 Å². The minimum absolute atomic E-state index is 0.138. The van der Waals surface area contributed by atoms with Crippen LogP contribution < -0.4 is 5.32 Å². The molecular formula is C16H26FN. The number of rotatable bonds is 5. The van der Waals surface area contributed by atoms with Crippen molar-refractivity contribution in [1.82, 2.24) is 5.32 Å². The third-order valence-electron chi connectivity index (χ3n) is 3.44. The van der Waals surface area contributed by atoms with Gasteiger partial charge < -0.3 is 5.32 Å². The van der Waals surface area contributed by atoms with Crippen molar-refractivity contribution in [2.24, 2.45) is 5.41 Å². The molecule has 1 unspecified atom stereocenters. The second kappa shape index (κ2) is 5.83. The van der Waals surface area contributed by atoms with Gasteiger partial charge in [0, 0.05) is 12.1 Å². The van der Waals surface area contributed by atoms with Gasteiger partial charge in [0.15, 0.2) is 0 Å². The van der Waals surface area contributed by atoms with Crippen LogP contribution in [0.1, 0.15) is 46.6 Å². The van der Waals surface area contributed by atoms with Gasteiger partial charge in [0.05, 0.1) is 0 Å². The highest BCUT2D eigenvalue weighted by molar-refractivity contribution is 5.17. The van der Waals surface area contributed by atoms with Crippen molar-refractivity contribution in [3.63, 3.8) is 0 Å². The van der Waals surface area contributed by atoms with Crippen LogP contribution in [0, 0.1) is 11.2 Å². The summed E-state index contributed by atoms with van der Waals surface area (Å²) in [6.07, 6.45) is 2.08. The molecule has 0 saturated heterocycles. The maximum atomic E-state index is 12.9. The minimum Gasteiger partial charge on any atom is -0.312 e. The quantitative estimate of drug-likeness (QED) is 0.828. The molecule has 0 radical (unpaired) electrons. The van der Waals surface area contributed by atoms with E-state index in [0.29, 0.717) is 0 Å². The van der Waals surface area contributed by atoms with E-state index in [0.717, 1.165) is 19.4 Å². The predicted octanol–water partition coefficient (Wildman–Crippen LogP) is 4.17. The Morgan fingerprint density at radius 3 is 2.06 bits per heavy atom. The zero-order chi connectivity index (χ0) is 13.8. The first-order valence-corrected chi connectivity index (χ1v) is 6.74. The van der Waals surface area contributed by atoms with Crippen molar-refractivity contribution in [2.45, 2.75) is 53.0 Å². The molecule has 102 valence electrons. The third kappa shape index (κ3) is 5.18. The van der Waals surface area contributed by atoms with Crippen molar-refractivity contribution in [2.75, 3.05) is 6.54 Å².